The molecule has 0 aliphatic carbocycles. The van der Waals surface area contributed by atoms with Crippen molar-refractivity contribution in [3.63, 3.8) is 0 Å². The van der Waals surface area contributed by atoms with Crippen molar-refractivity contribution < 1.29 is 18.7 Å². The molecule has 4 nitrogen and oxygen atoms in total. The third-order valence-corrected chi connectivity index (χ3v) is 4.35. The standard InChI is InChI=1S/C14H17ClFNO3S/c1-4-5-12(14(19)20-3)21-13-7-11(17-8(2)18)10(16)6-9(13)15/h6-7,12H,4-5H2,1-3H3,(H,17,18). The fourth-order valence-corrected chi connectivity index (χ4v) is 3.17. The van der Waals surface area contributed by atoms with Gasteiger partial charge < -0.3 is 10.1 Å². The van der Waals surface area contributed by atoms with E-state index in [9.17, 15) is 14.0 Å². The first-order valence-electron chi connectivity index (χ1n) is 6.40. The van der Waals surface area contributed by atoms with Crippen LogP contribution in [0.25, 0.3) is 0 Å². The van der Waals surface area contributed by atoms with Crippen molar-refractivity contribution >= 4 is 40.9 Å². The third kappa shape index (κ3) is 5.21. The SMILES string of the molecule is CCCC(Sc1cc(NC(C)=O)c(F)cc1Cl)C(=O)OC. The molecule has 1 amide bonds. The van der Waals surface area contributed by atoms with Crippen LogP contribution in [-0.2, 0) is 14.3 Å². The Morgan fingerprint density at radius 1 is 1.48 bits per heavy atom. The second kappa shape index (κ2) is 8.24. The number of ether oxygens (including phenoxy) is 1. The van der Waals surface area contributed by atoms with Gasteiger partial charge in [0.25, 0.3) is 0 Å². The summed E-state index contributed by atoms with van der Waals surface area (Å²) in [5.74, 6) is -1.36. The van der Waals surface area contributed by atoms with Gasteiger partial charge in [-0.25, -0.2) is 4.39 Å². The molecule has 116 valence electrons. The Morgan fingerprint density at radius 2 is 2.14 bits per heavy atom. The van der Waals surface area contributed by atoms with Gasteiger partial charge in [0, 0.05) is 11.8 Å². The van der Waals surface area contributed by atoms with E-state index in [4.69, 9.17) is 16.3 Å². The smallest absolute Gasteiger partial charge is 0.319 e. The van der Waals surface area contributed by atoms with Gasteiger partial charge >= 0.3 is 5.97 Å². The zero-order chi connectivity index (χ0) is 16.0. The average Bonchev–Trinajstić information content (AvgIpc) is 2.41. The summed E-state index contributed by atoms with van der Waals surface area (Å²) in [6.45, 7) is 3.24. The summed E-state index contributed by atoms with van der Waals surface area (Å²) in [5.41, 5.74) is 0.0366. The Kier molecular flexibility index (Phi) is 6.98. The molecule has 0 fully saturated rings. The van der Waals surface area contributed by atoms with Crippen LogP contribution in [-0.4, -0.2) is 24.2 Å². The average molecular weight is 334 g/mol. The predicted molar refractivity (Wildman–Crippen MR) is 82.3 cm³/mol. The van der Waals surface area contributed by atoms with Crippen molar-refractivity contribution in [1.29, 1.82) is 0 Å². The van der Waals surface area contributed by atoms with Crippen LogP contribution < -0.4 is 5.32 Å². The summed E-state index contributed by atoms with van der Waals surface area (Å²) in [6.07, 6.45) is 1.41. The molecule has 0 saturated heterocycles. The molecule has 0 radical (unpaired) electrons. The number of esters is 1. The highest BCUT2D eigenvalue weighted by atomic mass is 35.5. The van der Waals surface area contributed by atoms with Crippen LogP contribution in [0, 0.1) is 5.82 Å². The summed E-state index contributed by atoms with van der Waals surface area (Å²) in [5, 5.41) is 2.16. The molecule has 0 spiro atoms. The molecule has 0 saturated carbocycles. The molecule has 7 heteroatoms. The van der Waals surface area contributed by atoms with E-state index in [0.29, 0.717) is 11.3 Å². The number of rotatable bonds is 6. The zero-order valence-corrected chi connectivity index (χ0v) is 13.6. The Hall–Kier alpha value is -1.27. The maximum Gasteiger partial charge on any atom is 0.319 e. The highest BCUT2D eigenvalue weighted by Gasteiger charge is 2.22. The summed E-state index contributed by atoms with van der Waals surface area (Å²) < 4.78 is 18.4. The first kappa shape index (κ1) is 17.8. The number of hydrogen-bond acceptors (Lipinski definition) is 4. The zero-order valence-electron chi connectivity index (χ0n) is 12.0. The number of thioether (sulfide) groups is 1. The molecule has 21 heavy (non-hydrogen) atoms. The predicted octanol–water partition coefficient (Wildman–Crippen LogP) is 3.87. The van der Waals surface area contributed by atoms with Crippen molar-refractivity contribution in [1.82, 2.24) is 0 Å². The van der Waals surface area contributed by atoms with Gasteiger partial charge in [-0.2, -0.15) is 0 Å². The van der Waals surface area contributed by atoms with E-state index in [1.165, 1.54) is 31.9 Å². The molecule has 1 unspecified atom stereocenters. The minimum Gasteiger partial charge on any atom is -0.468 e. The molecule has 0 bridgehead atoms. The lowest BCUT2D eigenvalue weighted by Gasteiger charge is -2.15. The minimum atomic E-state index is -0.621. The number of amides is 1. The Morgan fingerprint density at radius 3 is 2.67 bits per heavy atom. The Balaban J connectivity index is 3.05. The lowest BCUT2D eigenvalue weighted by Crippen LogP contribution is -2.18. The van der Waals surface area contributed by atoms with Crippen LogP contribution in [0.1, 0.15) is 26.7 Å². The number of carbonyl (C=O) groups excluding carboxylic acids is 2. The van der Waals surface area contributed by atoms with Gasteiger partial charge in [-0.15, -0.1) is 11.8 Å². The molecular weight excluding hydrogens is 317 g/mol. The second-order valence-electron chi connectivity index (χ2n) is 4.36. The molecule has 1 atom stereocenters. The van der Waals surface area contributed by atoms with Crippen molar-refractivity contribution in [2.45, 2.75) is 36.8 Å². The van der Waals surface area contributed by atoms with E-state index in [2.05, 4.69) is 5.32 Å². The number of hydrogen-bond donors (Lipinski definition) is 1. The van der Waals surface area contributed by atoms with Crippen molar-refractivity contribution in [2.24, 2.45) is 0 Å². The number of benzene rings is 1. The molecule has 1 aromatic carbocycles. The summed E-state index contributed by atoms with van der Waals surface area (Å²) in [6, 6.07) is 2.55. The van der Waals surface area contributed by atoms with Crippen LogP contribution in [0.3, 0.4) is 0 Å². The van der Waals surface area contributed by atoms with Gasteiger partial charge in [0.2, 0.25) is 5.91 Å². The maximum absolute atomic E-state index is 13.7. The first-order valence-corrected chi connectivity index (χ1v) is 7.65. The highest BCUT2D eigenvalue weighted by molar-refractivity contribution is 8.00. The van der Waals surface area contributed by atoms with Crippen LogP contribution in [0.4, 0.5) is 10.1 Å². The summed E-state index contributed by atoms with van der Waals surface area (Å²) >= 11 is 7.20. The van der Waals surface area contributed by atoms with Gasteiger partial charge in [-0.05, 0) is 18.6 Å². The highest BCUT2D eigenvalue weighted by Crippen LogP contribution is 2.36. The van der Waals surface area contributed by atoms with Crippen molar-refractivity contribution in [3.8, 4) is 0 Å². The molecule has 0 heterocycles. The fourth-order valence-electron chi connectivity index (χ4n) is 1.68. The molecule has 0 aromatic heterocycles. The minimum absolute atomic E-state index is 0.0366. The van der Waals surface area contributed by atoms with Crippen LogP contribution in [0.2, 0.25) is 5.02 Å². The van der Waals surface area contributed by atoms with Crippen LogP contribution in [0.5, 0.6) is 0 Å². The van der Waals surface area contributed by atoms with E-state index in [0.717, 1.165) is 12.5 Å². The van der Waals surface area contributed by atoms with E-state index < -0.39 is 11.1 Å². The van der Waals surface area contributed by atoms with Crippen LogP contribution in [0.15, 0.2) is 17.0 Å². The number of halogens is 2. The third-order valence-electron chi connectivity index (χ3n) is 2.62. The van der Waals surface area contributed by atoms with E-state index in [1.807, 2.05) is 6.92 Å². The van der Waals surface area contributed by atoms with Crippen LogP contribution >= 0.6 is 23.4 Å². The molecular formula is C14H17ClFNO3S. The monoisotopic (exact) mass is 333 g/mol. The normalized spacial score (nSPS) is 11.9. The molecule has 0 aliphatic rings. The van der Waals surface area contributed by atoms with E-state index in [1.54, 1.807) is 0 Å². The summed E-state index contributed by atoms with van der Waals surface area (Å²) in [4.78, 5) is 23.3. The molecule has 0 aliphatic heterocycles. The first-order chi connectivity index (χ1) is 9.88. The number of carbonyl (C=O) groups is 2. The van der Waals surface area contributed by atoms with E-state index >= 15 is 0 Å². The van der Waals surface area contributed by atoms with Gasteiger partial charge in [-0.3, -0.25) is 9.59 Å². The number of nitrogens with one attached hydrogen (secondary N) is 1. The van der Waals surface area contributed by atoms with Crippen molar-refractivity contribution in [3.05, 3.63) is 23.0 Å². The Bertz CT molecular complexity index is 539. The van der Waals surface area contributed by atoms with Gasteiger partial charge in [-0.1, -0.05) is 24.9 Å². The fraction of sp³-hybridized carbons (Fsp3) is 0.429. The van der Waals surface area contributed by atoms with Gasteiger partial charge in [0.05, 0.1) is 17.8 Å². The number of anilines is 1. The van der Waals surface area contributed by atoms with E-state index in [-0.39, 0.29) is 22.6 Å². The lowest BCUT2D eigenvalue weighted by molar-refractivity contribution is -0.140. The topological polar surface area (TPSA) is 55.4 Å². The van der Waals surface area contributed by atoms with Gasteiger partial charge in [0.1, 0.15) is 11.1 Å². The number of methoxy groups -OCH3 is 1. The maximum atomic E-state index is 13.7. The molecule has 1 aromatic rings. The largest absolute Gasteiger partial charge is 0.468 e. The van der Waals surface area contributed by atoms with Crippen molar-refractivity contribution in [2.75, 3.05) is 12.4 Å². The molecule has 1 rings (SSSR count). The summed E-state index contributed by atoms with van der Waals surface area (Å²) in [7, 11) is 1.32. The quantitative estimate of drug-likeness (QED) is 0.634. The Labute approximate surface area is 132 Å². The van der Waals surface area contributed by atoms with Gasteiger partial charge in [0.15, 0.2) is 0 Å². The lowest BCUT2D eigenvalue weighted by atomic mass is 10.2. The molecule has 1 N–H and O–H groups in total. The second-order valence-corrected chi connectivity index (χ2v) is 6.01.